The molecule has 1 N–H and O–H groups in total. The maximum Gasteiger partial charge on any atom is 0.116 e. The Morgan fingerprint density at radius 2 is 2.25 bits per heavy atom. The van der Waals surface area contributed by atoms with E-state index >= 15 is 0 Å². The van der Waals surface area contributed by atoms with Crippen molar-refractivity contribution in [3.8, 4) is 6.07 Å². The molecule has 3 heteroatoms. The summed E-state index contributed by atoms with van der Waals surface area (Å²) in [5.41, 5.74) is 2.66. The van der Waals surface area contributed by atoms with E-state index in [1.807, 2.05) is 6.20 Å². The molecule has 1 aliphatic heterocycles. The molecule has 1 aliphatic carbocycles. The van der Waals surface area contributed by atoms with E-state index in [0.29, 0.717) is 0 Å². The van der Waals surface area contributed by atoms with Crippen LogP contribution in [0.5, 0.6) is 0 Å². The van der Waals surface area contributed by atoms with Gasteiger partial charge >= 0.3 is 0 Å². The van der Waals surface area contributed by atoms with Gasteiger partial charge in [-0.25, -0.2) is 0 Å². The van der Waals surface area contributed by atoms with Gasteiger partial charge in [0.25, 0.3) is 0 Å². The number of nitriles is 1. The highest BCUT2D eigenvalue weighted by Crippen LogP contribution is 2.36. The topological polar surface area (TPSA) is 45.0 Å². The van der Waals surface area contributed by atoms with Crippen molar-refractivity contribution in [2.45, 2.75) is 31.3 Å². The van der Waals surface area contributed by atoms with Crippen molar-refractivity contribution in [3.05, 3.63) is 12.3 Å². The van der Waals surface area contributed by atoms with E-state index in [1.165, 1.54) is 0 Å². The lowest BCUT2D eigenvalue weighted by molar-refractivity contribution is -0.0622. The van der Waals surface area contributed by atoms with Gasteiger partial charge in [-0.05, 0) is 31.8 Å². The molecule has 0 unspecified atom stereocenters. The molecule has 0 bridgehead atoms. The van der Waals surface area contributed by atoms with Crippen LogP contribution in [0.15, 0.2) is 12.3 Å². The highest BCUT2D eigenvalue weighted by Gasteiger charge is 2.36. The van der Waals surface area contributed by atoms with Crippen molar-refractivity contribution in [1.29, 1.82) is 5.26 Å². The summed E-state index contributed by atoms with van der Waals surface area (Å²) in [7, 11) is 0. The molecule has 3 nitrogen and oxygen atoms in total. The van der Waals surface area contributed by atoms with Gasteiger partial charge in [0.2, 0.25) is 0 Å². The van der Waals surface area contributed by atoms with E-state index < -0.39 is 0 Å². The number of nitrogens with zero attached hydrogens (tertiary/aromatic N) is 1. The SMILES string of the molecule is N#CC1CCC2(C=CNO2)CC1. The molecule has 0 amide bonds. The highest BCUT2D eigenvalue weighted by molar-refractivity contribution is 5.08. The molecule has 0 aromatic rings. The zero-order chi connectivity index (χ0) is 8.44. The van der Waals surface area contributed by atoms with Crippen LogP contribution in [-0.4, -0.2) is 5.60 Å². The monoisotopic (exact) mass is 164 g/mol. The fourth-order valence-corrected chi connectivity index (χ4v) is 1.88. The first-order valence-corrected chi connectivity index (χ1v) is 4.35. The summed E-state index contributed by atoms with van der Waals surface area (Å²) < 4.78 is 0. The Bertz CT molecular complexity index is 233. The minimum atomic E-state index is -0.0899. The van der Waals surface area contributed by atoms with Gasteiger partial charge in [-0.1, -0.05) is 0 Å². The maximum atomic E-state index is 8.70. The Hall–Kier alpha value is -1.01. The second kappa shape index (κ2) is 2.80. The minimum Gasteiger partial charge on any atom is -0.274 e. The van der Waals surface area contributed by atoms with Crippen molar-refractivity contribution in [3.63, 3.8) is 0 Å². The summed E-state index contributed by atoms with van der Waals surface area (Å²) in [5, 5.41) is 8.70. The zero-order valence-electron chi connectivity index (χ0n) is 6.92. The van der Waals surface area contributed by atoms with Crippen LogP contribution < -0.4 is 5.48 Å². The number of rotatable bonds is 0. The molecule has 1 heterocycles. The molecule has 0 atom stereocenters. The van der Waals surface area contributed by atoms with Gasteiger partial charge in [-0.2, -0.15) is 5.26 Å². The molecule has 2 aliphatic rings. The third kappa shape index (κ3) is 1.19. The lowest BCUT2D eigenvalue weighted by atomic mass is 9.79. The average Bonchev–Trinajstić information content (AvgIpc) is 2.55. The van der Waals surface area contributed by atoms with Crippen LogP contribution in [0, 0.1) is 17.2 Å². The zero-order valence-corrected chi connectivity index (χ0v) is 6.92. The normalized spacial score (nSPS) is 39.4. The van der Waals surface area contributed by atoms with E-state index in [2.05, 4.69) is 17.6 Å². The van der Waals surface area contributed by atoms with Crippen molar-refractivity contribution in [2.75, 3.05) is 0 Å². The molecule has 64 valence electrons. The van der Waals surface area contributed by atoms with Crippen LogP contribution in [0.4, 0.5) is 0 Å². The van der Waals surface area contributed by atoms with Gasteiger partial charge < -0.3 is 0 Å². The Morgan fingerprint density at radius 1 is 1.50 bits per heavy atom. The number of hydroxylamine groups is 1. The highest BCUT2D eigenvalue weighted by atomic mass is 16.7. The molecule has 0 radical (unpaired) electrons. The third-order valence-corrected chi connectivity index (χ3v) is 2.73. The smallest absolute Gasteiger partial charge is 0.116 e. The molecule has 1 fully saturated rings. The molecule has 0 aromatic carbocycles. The quantitative estimate of drug-likeness (QED) is 0.590. The van der Waals surface area contributed by atoms with Crippen LogP contribution in [0.3, 0.4) is 0 Å². The van der Waals surface area contributed by atoms with Crippen molar-refractivity contribution in [2.24, 2.45) is 5.92 Å². The lowest BCUT2D eigenvalue weighted by Gasteiger charge is -2.31. The van der Waals surface area contributed by atoms with E-state index in [1.54, 1.807) is 0 Å². The van der Waals surface area contributed by atoms with E-state index in [-0.39, 0.29) is 11.5 Å². The lowest BCUT2D eigenvalue weighted by Crippen LogP contribution is -2.34. The molecule has 0 saturated heterocycles. The van der Waals surface area contributed by atoms with Crippen LogP contribution in [0.1, 0.15) is 25.7 Å². The van der Waals surface area contributed by atoms with Crippen LogP contribution in [0.2, 0.25) is 0 Å². The van der Waals surface area contributed by atoms with Gasteiger partial charge in [0.15, 0.2) is 0 Å². The van der Waals surface area contributed by atoms with Gasteiger partial charge in [0, 0.05) is 12.1 Å². The van der Waals surface area contributed by atoms with Crippen molar-refractivity contribution in [1.82, 2.24) is 5.48 Å². The summed E-state index contributed by atoms with van der Waals surface area (Å²) in [6, 6.07) is 2.31. The van der Waals surface area contributed by atoms with Crippen molar-refractivity contribution >= 4 is 0 Å². The predicted octanol–water partition coefficient (Wildman–Crippen LogP) is 1.49. The van der Waals surface area contributed by atoms with Crippen LogP contribution >= 0.6 is 0 Å². The first kappa shape index (κ1) is 7.63. The summed E-state index contributed by atoms with van der Waals surface area (Å²) in [6.07, 6.45) is 7.77. The third-order valence-electron chi connectivity index (χ3n) is 2.73. The Morgan fingerprint density at radius 3 is 2.75 bits per heavy atom. The Labute approximate surface area is 72.0 Å². The standard InChI is InChI=1S/C9H12N2O/c10-7-8-1-3-9(4-2-8)5-6-11-12-9/h5-6,8,11H,1-4H2. The Kier molecular flexibility index (Phi) is 1.78. The van der Waals surface area contributed by atoms with Crippen molar-refractivity contribution < 1.29 is 4.84 Å². The molecule has 1 spiro atoms. The first-order chi connectivity index (χ1) is 5.85. The largest absolute Gasteiger partial charge is 0.274 e. The molecular formula is C9H12N2O. The molecular weight excluding hydrogens is 152 g/mol. The second-order valence-electron chi connectivity index (χ2n) is 3.52. The second-order valence-corrected chi connectivity index (χ2v) is 3.52. The van der Waals surface area contributed by atoms with Gasteiger partial charge in [-0.3, -0.25) is 10.3 Å². The maximum absolute atomic E-state index is 8.70. The Balaban J connectivity index is 1.98. The minimum absolute atomic E-state index is 0.0899. The van der Waals surface area contributed by atoms with E-state index in [0.717, 1.165) is 25.7 Å². The fraction of sp³-hybridized carbons (Fsp3) is 0.667. The van der Waals surface area contributed by atoms with E-state index in [4.69, 9.17) is 10.1 Å². The van der Waals surface area contributed by atoms with Gasteiger partial charge in [-0.15, -0.1) is 0 Å². The summed E-state index contributed by atoms with van der Waals surface area (Å²) in [4.78, 5) is 5.40. The summed E-state index contributed by atoms with van der Waals surface area (Å²) in [5.74, 6) is 0.244. The molecule has 1 saturated carbocycles. The summed E-state index contributed by atoms with van der Waals surface area (Å²) in [6.45, 7) is 0. The summed E-state index contributed by atoms with van der Waals surface area (Å²) >= 11 is 0. The first-order valence-electron chi connectivity index (χ1n) is 4.35. The fourth-order valence-electron chi connectivity index (χ4n) is 1.88. The predicted molar refractivity (Wildman–Crippen MR) is 43.7 cm³/mol. The molecule has 0 aromatic heterocycles. The van der Waals surface area contributed by atoms with Gasteiger partial charge in [0.1, 0.15) is 5.60 Å². The molecule has 2 rings (SSSR count). The molecule has 12 heavy (non-hydrogen) atoms. The van der Waals surface area contributed by atoms with E-state index in [9.17, 15) is 0 Å². The van der Waals surface area contributed by atoms with Gasteiger partial charge in [0.05, 0.1) is 6.07 Å². The number of hydrogen-bond acceptors (Lipinski definition) is 3. The average molecular weight is 164 g/mol. The number of nitrogens with one attached hydrogen (secondary N) is 1. The van der Waals surface area contributed by atoms with Crippen LogP contribution in [-0.2, 0) is 4.84 Å². The number of hydrogen-bond donors (Lipinski definition) is 1. The van der Waals surface area contributed by atoms with Crippen LogP contribution in [0.25, 0.3) is 0 Å².